The van der Waals surface area contributed by atoms with E-state index in [0.717, 1.165) is 37.1 Å². The first kappa shape index (κ1) is 29.8. The number of carbonyl (C=O) groups excluding carboxylic acids is 1. The second-order valence-electron chi connectivity index (χ2n) is 9.36. The molecule has 2 heterocycles. The van der Waals surface area contributed by atoms with Crippen molar-refractivity contribution >= 4 is 27.3 Å². The molecule has 39 heavy (non-hydrogen) atoms. The maximum Gasteiger partial charge on any atom is 0.408 e. The van der Waals surface area contributed by atoms with Crippen LogP contribution in [0.15, 0.2) is 53.6 Å². The summed E-state index contributed by atoms with van der Waals surface area (Å²) in [5.41, 5.74) is 5.43. The number of alkyl halides is 3. The lowest BCUT2D eigenvalue weighted by Gasteiger charge is -2.29. The summed E-state index contributed by atoms with van der Waals surface area (Å²) in [6, 6.07) is 8.01. The minimum absolute atomic E-state index is 0.0528. The smallest absolute Gasteiger partial charge is 0.408 e. The quantitative estimate of drug-likeness (QED) is 0.270. The number of anilines is 2. The average molecular weight is 569 g/mol. The molecule has 0 radical (unpaired) electrons. The van der Waals surface area contributed by atoms with Crippen LogP contribution in [0.3, 0.4) is 0 Å². The molecule has 0 aliphatic carbocycles. The lowest BCUT2D eigenvalue weighted by Crippen LogP contribution is -2.42. The van der Waals surface area contributed by atoms with Crippen molar-refractivity contribution in [1.29, 1.82) is 0 Å². The zero-order valence-corrected chi connectivity index (χ0v) is 22.5. The van der Waals surface area contributed by atoms with Gasteiger partial charge in [-0.05, 0) is 49.2 Å². The molecule has 13 heteroatoms. The predicted molar refractivity (Wildman–Crippen MR) is 139 cm³/mol. The second-order valence-corrected chi connectivity index (χ2v) is 11.3. The number of rotatable bonds is 10. The van der Waals surface area contributed by atoms with Gasteiger partial charge in [0.1, 0.15) is 35.0 Å². The van der Waals surface area contributed by atoms with Crippen LogP contribution in [0.5, 0.6) is 5.75 Å². The SMILES string of the molecule is CC(C)COc1cc(F)cc(-c2ccc(C(=O)CS(=O)(=O)c3cccc(N)n3)c(N(C)[C@H](C)C(F)(F)F)n2)c1. The Balaban J connectivity index is 2.08. The number of hydrogen-bond donors (Lipinski definition) is 1. The fourth-order valence-electron chi connectivity index (χ4n) is 3.48. The molecule has 0 aliphatic rings. The molecule has 1 atom stereocenters. The first-order valence-corrected chi connectivity index (χ1v) is 13.5. The summed E-state index contributed by atoms with van der Waals surface area (Å²) in [5.74, 6) is -2.91. The number of ether oxygens (including phenoxy) is 1. The molecule has 2 N–H and O–H groups in total. The number of benzene rings is 1. The van der Waals surface area contributed by atoms with Crippen LogP contribution in [-0.4, -0.2) is 55.8 Å². The van der Waals surface area contributed by atoms with E-state index in [2.05, 4.69) is 9.97 Å². The number of aromatic nitrogens is 2. The third-order valence-corrected chi connectivity index (χ3v) is 7.21. The molecule has 0 spiro atoms. The molecule has 8 nitrogen and oxygen atoms in total. The van der Waals surface area contributed by atoms with Crippen LogP contribution in [0.1, 0.15) is 31.1 Å². The third kappa shape index (κ3) is 7.43. The van der Waals surface area contributed by atoms with E-state index in [1.165, 1.54) is 30.3 Å². The molecular formula is C26H28F4N4O4S. The number of nitrogens with zero attached hydrogens (tertiary/aromatic N) is 3. The van der Waals surface area contributed by atoms with Gasteiger partial charge in [-0.2, -0.15) is 13.2 Å². The van der Waals surface area contributed by atoms with E-state index in [9.17, 15) is 30.8 Å². The Labute approximate surface area is 223 Å². The standard InChI is InChI=1S/C26H28F4N4O4S/c1-15(2)13-38-19-11-17(10-18(27)12-19)21-9-8-20(25(32-21)34(4)16(3)26(28,29)30)22(35)14-39(36,37)24-7-5-6-23(31)33-24/h5-12,15-16H,13-14H2,1-4H3,(H2,31,33)/t16-/m1/s1. The molecule has 210 valence electrons. The summed E-state index contributed by atoms with van der Waals surface area (Å²) in [6.07, 6.45) is -4.69. The van der Waals surface area contributed by atoms with Gasteiger partial charge in [0.2, 0.25) is 9.84 Å². The van der Waals surface area contributed by atoms with Crippen molar-refractivity contribution in [2.24, 2.45) is 5.92 Å². The second kappa shape index (κ2) is 11.6. The van der Waals surface area contributed by atoms with E-state index < -0.39 is 50.3 Å². The van der Waals surface area contributed by atoms with Crippen molar-refractivity contribution in [2.45, 2.75) is 38.0 Å². The van der Waals surface area contributed by atoms with Gasteiger partial charge < -0.3 is 15.4 Å². The normalized spacial score (nSPS) is 12.8. The number of Topliss-reactive ketones (excluding diaryl/α,β-unsaturated/α-hetero) is 1. The van der Waals surface area contributed by atoms with Gasteiger partial charge in [-0.15, -0.1) is 0 Å². The molecule has 0 saturated carbocycles. The topological polar surface area (TPSA) is 115 Å². The van der Waals surface area contributed by atoms with Crippen molar-refractivity contribution in [3.63, 3.8) is 0 Å². The highest BCUT2D eigenvalue weighted by molar-refractivity contribution is 7.92. The van der Waals surface area contributed by atoms with Gasteiger partial charge in [0.25, 0.3) is 0 Å². The fraction of sp³-hybridized carbons (Fsp3) is 0.346. The van der Waals surface area contributed by atoms with E-state index in [1.54, 1.807) is 0 Å². The number of nitrogen functional groups attached to an aromatic ring is 1. The molecule has 0 aliphatic heterocycles. The zero-order valence-electron chi connectivity index (χ0n) is 21.7. The first-order chi connectivity index (χ1) is 18.1. The van der Waals surface area contributed by atoms with Crippen LogP contribution in [0.4, 0.5) is 29.2 Å². The minimum atomic E-state index is -4.69. The van der Waals surface area contributed by atoms with Gasteiger partial charge in [-0.3, -0.25) is 4.79 Å². The molecule has 0 amide bonds. The van der Waals surface area contributed by atoms with E-state index in [0.29, 0.717) is 6.61 Å². The highest BCUT2D eigenvalue weighted by atomic mass is 32.2. The van der Waals surface area contributed by atoms with Crippen molar-refractivity contribution < 1.29 is 35.5 Å². The van der Waals surface area contributed by atoms with Crippen LogP contribution in [0.2, 0.25) is 0 Å². The highest BCUT2D eigenvalue weighted by Crippen LogP contribution is 2.32. The van der Waals surface area contributed by atoms with Gasteiger partial charge in [-0.1, -0.05) is 19.9 Å². The number of sulfone groups is 1. The maximum atomic E-state index is 14.4. The lowest BCUT2D eigenvalue weighted by atomic mass is 10.1. The molecule has 0 unspecified atom stereocenters. The molecule has 3 rings (SSSR count). The predicted octanol–water partition coefficient (Wildman–Crippen LogP) is 4.94. The van der Waals surface area contributed by atoms with Crippen molar-refractivity contribution in [3.05, 3.63) is 59.9 Å². The number of pyridine rings is 2. The van der Waals surface area contributed by atoms with E-state index in [-0.39, 0.29) is 34.3 Å². The summed E-state index contributed by atoms with van der Waals surface area (Å²) >= 11 is 0. The zero-order chi connectivity index (χ0) is 29.1. The minimum Gasteiger partial charge on any atom is -0.493 e. The number of nitrogens with two attached hydrogens (primary N) is 1. The summed E-state index contributed by atoms with van der Waals surface area (Å²) in [6.45, 7) is 4.99. The molecule has 1 aromatic carbocycles. The van der Waals surface area contributed by atoms with Crippen LogP contribution in [0, 0.1) is 11.7 Å². The number of hydrogen-bond acceptors (Lipinski definition) is 8. The summed E-state index contributed by atoms with van der Waals surface area (Å²) in [4.78, 5) is 21.8. The molecule has 0 bridgehead atoms. The van der Waals surface area contributed by atoms with Gasteiger partial charge in [0.05, 0.1) is 17.9 Å². The fourth-order valence-corrected chi connectivity index (χ4v) is 4.66. The molecule has 0 saturated heterocycles. The van der Waals surface area contributed by atoms with Gasteiger partial charge in [0, 0.05) is 18.7 Å². The van der Waals surface area contributed by atoms with Gasteiger partial charge in [0.15, 0.2) is 10.8 Å². The van der Waals surface area contributed by atoms with E-state index in [1.807, 2.05) is 13.8 Å². The van der Waals surface area contributed by atoms with Crippen molar-refractivity contribution in [1.82, 2.24) is 9.97 Å². The Morgan fingerprint density at radius 3 is 2.38 bits per heavy atom. The van der Waals surface area contributed by atoms with Gasteiger partial charge in [-0.25, -0.2) is 22.8 Å². The molecule has 2 aromatic heterocycles. The number of ketones is 1. The maximum absolute atomic E-state index is 14.4. The Hall–Kier alpha value is -3.74. The number of halogens is 4. The van der Waals surface area contributed by atoms with Crippen LogP contribution < -0.4 is 15.4 Å². The Bertz CT molecular complexity index is 1460. The summed E-state index contributed by atoms with van der Waals surface area (Å²) < 4.78 is 86.3. The molecule has 3 aromatic rings. The lowest BCUT2D eigenvalue weighted by molar-refractivity contribution is -0.144. The summed E-state index contributed by atoms with van der Waals surface area (Å²) in [7, 11) is -3.20. The monoisotopic (exact) mass is 568 g/mol. The Morgan fingerprint density at radius 2 is 1.77 bits per heavy atom. The van der Waals surface area contributed by atoms with Crippen molar-refractivity contribution in [3.8, 4) is 17.0 Å². The Morgan fingerprint density at radius 1 is 1.08 bits per heavy atom. The van der Waals surface area contributed by atoms with Crippen LogP contribution >= 0.6 is 0 Å². The highest BCUT2D eigenvalue weighted by Gasteiger charge is 2.40. The first-order valence-electron chi connectivity index (χ1n) is 11.8. The Kier molecular flexibility index (Phi) is 8.84. The van der Waals surface area contributed by atoms with E-state index in [4.69, 9.17) is 10.5 Å². The molecule has 0 fully saturated rings. The third-order valence-electron chi connectivity index (χ3n) is 5.70. The average Bonchev–Trinajstić information content (AvgIpc) is 2.85. The van der Waals surface area contributed by atoms with Crippen LogP contribution in [0.25, 0.3) is 11.3 Å². The largest absolute Gasteiger partial charge is 0.493 e. The van der Waals surface area contributed by atoms with Crippen LogP contribution in [-0.2, 0) is 9.84 Å². The molecular weight excluding hydrogens is 540 g/mol. The number of carbonyl (C=O) groups is 1. The van der Waals surface area contributed by atoms with E-state index >= 15 is 0 Å². The van der Waals surface area contributed by atoms with Crippen molar-refractivity contribution in [2.75, 3.05) is 30.0 Å². The van der Waals surface area contributed by atoms with Gasteiger partial charge >= 0.3 is 6.18 Å². The summed E-state index contributed by atoms with van der Waals surface area (Å²) in [5, 5.41) is -0.451.